The molecular formula is C35H33BBrF. The Hall–Kier alpha value is -3.17. The summed E-state index contributed by atoms with van der Waals surface area (Å²) >= 11 is 3.81. The van der Waals surface area contributed by atoms with E-state index in [9.17, 15) is 4.32 Å². The standard InChI is InChI=1S/C19H21Br.C16H12BF/c1-18(2,3)12-10-15-17(16(20)11-12)13-8-6-7-9-14(13)19(15,4)5;18-17(14-9-2-1-3-10-14)16-12-6-8-13-7-4-5-11-15(13)16/h6-11H,1-5H3;1-12H. The zero-order chi connectivity index (χ0) is 27.1. The summed E-state index contributed by atoms with van der Waals surface area (Å²) in [5, 5.41) is 2.06. The van der Waals surface area contributed by atoms with Crippen molar-refractivity contribution in [1.29, 1.82) is 0 Å². The maximum absolute atomic E-state index is 14.6. The third-order valence-corrected chi connectivity index (χ3v) is 8.31. The maximum Gasteiger partial charge on any atom is 0.414 e. The van der Waals surface area contributed by atoms with Crippen LogP contribution in [0.15, 0.2) is 114 Å². The smallest absolute Gasteiger partial charge is 0.322 e. The molecule has 0 saturated heterocycles. The zero-order valence-corrected chi connectivity index (χ0v) is 24.3. The van der Waals surface area contributed by atoms with Gasteiger partial charge in [-0.15, -0.1) is 0 Å². The van der Waals surface area contributed by atoms with Crippen LogP contribution in [0.4, 0.5) is 4.32 Å². The Balaban J connectivity index is 0.000000156. The van der Waals surface area contributed by atoms with Crippen LogP contribution in [0, 0.1) is 0 Å². The predicted molar refractivity (Wildman–Crippen MR) is 167 cm³/mol. The summed E-state index contributed by atoms with van der Waals surface area (Å²) in [5.41, 5.74) is 8.70. The minimum atomic E-state index is -1.07. The van der Waals surface area contributed by atoms with Gasteiger partial charge in [-0.3, -0.25) is 0 Å². The van der Waals surface area contributed by atoms with E-state index in [0.29, 0.717) is 5.46 Å². The molecule has 0 aliphatic heterocycles. The van der Waals surface area contributed by atoms with E-state index in [2.05, 4.69) is 86.9 Å². The molecule has 0 N–H and O–H groups in total. The number of halogens is 2. The van der Waals surface area contributed by atoms with Crippen LogP contribution < -0.4 is 10.9 Å². The van der Waals surface area contributed by atoms with Crippen LogP contribution in [0.3, 0.4) is 0 Å². The van der Waals surface area contributed by atoms with Crippen LogP contribution in [-0.2, 0) is 10.8 Å². The van der Waals surface area contributed by atoms with Crippen LogP contribution in [-0.4, -0.2) is 6.99 Å². The molecule has 1 aliphatic carbocycles. The van der Waals surface area contributed by atoms with Crippen LogP contribution in [0.25, 0.3) is 21.9 Å². The molecule has 5 aromatic rings. The van der Waals surface area contributed by atoms with E-state index >= 15 is 0 Å². The zero-order valence-electron chi connectivity index (χ0n) is 22.7. The van der Waals surface area contributed by atoms with Gasteiger partial charge >= 0.3 is 6.99 Å². The first-order valence-corrected chi connectivity index (χ1v) is 14.0. The van der Waals surface area contributed by atoms with Crippen LogP contribution in [0.5, 0.6) is 0 Å². The fourth-order valence-electron chi connectivity index (χ4n) is 5.47. The van der Waals surface area contributed by atoms with E-state index in [1.807, 2.05) is 72.8 Å². The highest BCUT2D eigenvalue weighted by Crippen LogP contribution is 2.52. The molecule has 0 bridgehead atoms. The van der Waals surface area contributed by atoms with Crippen molar-refractivity contribution in [2.75, 3.05) is 0 Å². The van der Waals surface area contributed by atoms with Gasteiger partial charge < -0.3 is 4.32 Å². The molecule has 38 heavy (non-hydrogen) atoms. The van der Waals surface area contributed by atoms with Crippen molar-refractivity contribution >= 4 is 44.6 Å². The molecule has 0 heterocycles. The van der Waals surface area contributed by atoms with Gasteiger partial charge in [-0.1, -0.05) is 154 Å². The topological polar surface area (TPSA) is 0 Å². The molecule has 0 saturated carbocycles. The molecule has 190 valence electrons. The molecule has 0 spiro atoms. The first kappa shape index (κ1) is 26.4. The van der Waals surface area contributed by atoms with Crippen molar-refractivity contribution in [1.82, 2.24) is 0 Å². The molecule has 0 nitrogen and oxygen atoms in total. The van der Waals surface area contributed by atoms with Gasteiger partial charge in [0.15, 0.2) is 0 Å². The molecule has 0 unspecified atom stereocenters. The molecule has 0 aromatic heterocycles. The minimum absolute atomic E-state index is 0.0791. The van der Waals surface area contributed by atoms with Crippen molar-refractivity contribution in [3.8, 4) is 11.1 Å². The Bertz CT molecular complexity index is 1590. The predicted octanol–water partition coefficient (Wildman–Crippen LogP) is 8.97. The van der Waals surface area contributed by atoms with E-state index in [1.54, 1.807) is 0 Å². The molecule has 6 rings (SSSR count). The Morgan fingerprint density at radius 3 is 2.08 bits per heavy atom. The molecule has 0 atom stereocenters. The highest BCUT2D eigenvalue weighted by atomic mass is 79.9. The summed E-state index contributed by atoms with van der Waals surface area (Å²) in [7, 11) is 0. The normalized spacial score (nSPS) is 13.3. The minimum Gasteiger partial charge on any atom is -0.322 e. The van der Waals surface area contributed by atoms with Crippen molar-refractivity contribution in [3.05, 3.63) is 130 Å². The average molecular weight is 563 g/mol. The second kappa shape index (κ2) is 10.2. The van der Waals surface area contributed by atoms with Crippen molar-refractivity contribution in [2.45, 2.75) is 45.4 Å². The molecule has 0 fully saturated rings. The number of fused-ring (bicyclic) bond motifs is 4. The van der Waals surface area contributed by atoms with E-state index < -0.39 is 6.99 Å². The SMILES string of the molecule is CC(C)(C)c1cc(Br)c2c(c1)C(C)(C)c1ccccc1-2.FB(c1ccccc1)c1cccc2ccccc12. The van der Waals surface area contributed by atoms with E-state index in [4.69, 9.17) is 0 Å². The fraction of sp³-hybridized carbons (Fsp3) is 0.200. The van der Waals surface area contributed by atoms with E-state index in [0.717, 1.165) is 16.2 Å². The van der Waals surface area contributed by atoms with Crippen LogP contribution in [0.2, 0.25) is 0 Å². The Morgan fingerprint density at radius 1 is 0.711 bits per heavy atom. The summed E-state index contributed by atoms with van der Waals surface area (Å²) in [4.78, 5) is 0. The first-order chi connectivity index (χ1) is 18.1. The van der Waals surface area contributed by atoms with Gasteiger partial charge in [0.25, 0.3) is 0 Å². The molecule has 5 aromatic carbocycles. The van der Waals surface area contributed by atoms with E-state index in [1.165, 1.54) is 32.3 Å². The van der Waals surface area contributed by atoms with Crippen LogP contribution >= 0.6 is 15.9 Å². The van der Waals surface area contributed by atoms with Gasteiger partial charge in [0.2, 0.25) is 0 Å². The summed E-state index contributed by atoms with van der Waals surface area (Å²) in [6.07, 6.45) is 0. The average Bonchev–Trinajstić information content (AvgIpc) is 3.15. The monoisotopic (exact) mass is 562 g/mol. The van der Waals surface area contributed by atoms with Crippen molar-refractivity contribution < 1.29 is 4.32 Å². The highest BCUT2D eigenvalue weighted by molar-refractivity contribution is 9.10. The number of hydrogen-bond donors (Lipinski definition) is 0. The summed E-state index contributed by atoms with van der Waals surface area (Å²) < 4.78 is 15.8. The highest BCUT2D eigenvalue weighted by Gasteiger charge is 2.37. The lowest BCUT2D eigenvalue weighted by atomic mass is 9.57. The van der Waals surface area contributed by atoms with E-state index in [-0.39, 0.29) is 10.8 Å². The Kier molecular flexibility index (Phi) is 7.09. The lowest BCUT2D eigenvalue weighted by molar-refractivity contribution is 0.584. The summed E-state index contributed by atoms with van der Waals surface area (Å²) in [6, 6.07) is 36.4. The summed E-state index contributed by atoms with van der Waals surface area (Å²) in [6.45, 7) is 10.4. The van der Waals surface area contributed by atoms with Gasteiger partial charge in [-0.05, 0) is 55.4 Å². The number of hydrogen-bond acceptors (Lipinski definition) is 0. The largest absolute Gasteiger partial charge is 0.414 e. The fourth-order valence-corrected chi connectivity index (χ4v) is 6.14. The first-order valence-electron chi connectivity index (χ1n) is 13.2. The lowest BCUT2D eigenvalue weighted by Crippen LogP contribution is -2.38. The Morgan fingerprint density at radius 2 is 1.34 bits per heavy atom. The molecule has 0 amide bonds. The van der Waals surface area contributed by atoms with Gasteiger partial charge in [0.05, 0.1) is 0 Å². The van der Waals surface area contributed by atoms with Gasteiger partial charge in [0.1, 0.15) is 0 Å². The van der Waals surface area contributed by atoms with Crippen molar-refractivity contribution in [2.24, 2.45) is 0 Å². The molecule has 0 radical (unpaired) electrons. The Labute approximate surface area is 235 Å². The maximum atomic E-state index is 14.6. The third kappa shape index (κ3) is 4.85. The second-order valence-electron chi connectivity index (χ2n) is 11.6. The quantitative estimate of drug-likeness (QED) is 0.188. The molecule has 1 aliphatic rings. The number of benzene rings is 5. The second-order valence-corrected chi connectivity index (χ2v) is 12.5. The molecular weight excluding hydrogens is 530 g/mol. The van der Waals surface area contributed by atoms with Crippen molar-refractivity contribution in [3.63, 3.8) is 0 Å². The summed E-state index contributed by atoms with van der Waals surface area (Å²) in [5.74, 6) is 0. The van der Waals surface area contributed by atoms with Gasteiger partial charge in [0, 0.05) is 15.5 Å². The van der Waals surface area contributed by atoms with Crippen LogP contribution in [0.1, 0.15) is 51.3 Å². The third-order valence-electron chi connectivity index (χ3n) is 7.69. The molecule has 3 heteroatoms. The van der Waals surface area contributed by atoms with Gasteiger partial charge in [-0.2, -0.15) is 0 Å². The van der Waals surface area contributed by atoms with Gasteiger partial charge in [-0.25, -0.2) is 0 Å². The lowest BCUT2D eigenvalue weighted by Gasteiger charge is -2.25. The number of rotatable bonds is 2.